The number of pyridine rings is 1. The Morgan fingerprint density at radius 2 is 1.56 bits per heavy atom. The van der Waals surface area contributed by atoms with Gasteiger partial charge in [-0.1, -0.05) is 84.9 Å². The van der Waals surface area contributed by atoms with Crippen LogP contribution in [0.5, 0.6) is 5.88 Å². The largest absolute Gasteiger partial charge is 0.468 e. The lowest BCUT2D eigenvalue weighted by atomic mass is 9.71. The normalized spacial score (nSPS) is 14.9. The predicted molar refractivity (Wildman–Crippen MR) is 146 cm³/mol. The maximum Gasteiger partial charge on any atom is 0.405 e. The quantitative estimate of drug-likeness (QED) is 0.289. The number of carboxylic acid groups (broad SMARTS) is 1. The van der Waals surface area contributed by atoms with Gasteiger partial charge in [-0.15, -0.1) is 10.2 Å². The van der Waals surface area contributed by atoms with Crippen molar-refractivity contribution in [1.82, 2.24) is 25.1 Å². The third kappa shape index (κ3) is 3.92. The van der Waals surface area contributed by atoms with Crippen LogP contribution in [0.2, 0.25) is 0 Å². The molecule has 3 aromatic carbocycles. The first kappa shape index (κ1) is 23.2. The summed E-state index contributed by atoms with van der Waals surface area (Å²) < 4.78 is 8.12. The van der Waals surface area contributed by atoms with E-state index in [9.17, 15) is 9.90 Å². The molecule has 1 fully saturated rings. The highest BCUT2D eigenvalue weighted by Crippen LogP contribution is 2.43. The molecule has 1 saturated carbocycles. The molecule has 1 amide bonds. The number of nitrogens with one attached hydrogen (secondary N) is 1. The van der Waals surface area contributed by atoms with Gasteiger partial charge in [0.05, 0.1) is 11.2 Å². The van der Waals surface area contributed by atoms with Gasteiger partial charge in [-0.05, 0) is 36.5 Å². The van der Waals surface area contributed by atoms with Crippen molar-refractivity contribution in [3.63, 3.8) is 0 Å². The second-order valence-corrected chi connectivity index (χ2v) is 9.95. The van der Waals surface area contributed by atoms with Crippen molar-refractivity contribution >= 4 is 6.09 Å². The summed E-state index contributed by atoms with van der Waals surface area (Å²) in [5.41, 5.74) is 5.90. The molecule has 2 N–H and O–H groups in total. The number of carbonyl (C=O) groups is 1. The minimum absolute atomic E-state index is 0.270. The van der Waals surface area contributed by atoms with E-state index in [1.54, 1.807) is 0 Å². The van der Waals surface area contributed by atoms with Crippen molar-refractivity contribution in [2.45, 2.75) is 31.4 Å². The van der Waals surface area contributed by atoms with Gasteiger partial charge in [0.15, 0.2) is 18.3 Å². The van der Waals surface area contributed by atoms with Gasteiger partial charge < -0.3 is 15.2 Å². The Bertz CT molecular complexity index is 1680. The summed E-state index contributed by atoms with van der Waals surface area (Å²) in [5, 5.41) is 21.0. The third-order valence-corrected chi connectivity index (χ3v) is 7.66. The molecule has 39 heavy (non-hydrogen) atoms. The van der Waals surface area contributed by atoms with E-state index >= 15 is 0 Å². The maximum absolute atomic E-state index is 11.4. The van der Waals surface area contributed by atoms with Gasteiger partial charge >= 0.3 is 6.09 Å². The highest BCUT2D eigenvalue weighted by molar-refractivity contribution is 5.84. The number of amides is 1. The predicted octanol–water partition coefficient (Wildman–Crippen LogP) is 6.20. The van der Waals surface area contributed by atoms with Crippen LogP contribution in [-0.4, -0.2) is 30.9 Å². The number of aromatic nitrogens is 4. The van der Waals surface area contributed by atoms with Crippen molar-refractivity contribution in [2.24, 2.45) is 0 Å². The van der Waals surface area contributed by atoms with Crippen molar-refractivity contribution in [3.8, 4) is 45.3 Å². The van der Waals surface area contributed by atoms with Crippen LogP contribution >= 0.6 is 0 Å². The van der Waals surface area contributed by atoms with Crippen LogP contribution in [0.3, 0.4) is 0 Å². The Balaban J connectivity index is 1.37. The van der Waals surface area contributed by atoms with Crippen LogP contribution in [0.15, 0.2) is 91.0 Å². The lowest BCUT2D eigenvalue weighted by molar-refractivity contribution is 0.144. The average molecular weight is 516 g/mol. The second-order valence-electron chi connectivity index (χ2n) is 9.95. The molecule has 0 saturated heterocycles. The summed E-state index contributed by atoms with van der Waals surface area (Å²) in [6.45, 7) is 0.270. The topological polar surface area (TPSA) is 102 Å². The minimum atomic E-state index is -0.998. The third-order valence-electron chi connectivity index (χ3n) is 7.66. The highest BCUT2D eigenvalue weighted by atomic mass is 16.5. The van der Waals surface area contributed by atoms with E-state index in [1.807, 2.05) is 77.4 Å². The Kier molecular flexibility index (Phi) is 5.40. The monoisotopic (exact) mass is 515 g/mol. The molecule has 8 nitrogen and oxygen atoms in total. The Hall–Kier alpha value is -4.98. The van der Waals surface area contributed by atoms with Crippen LogP contribution in [0.25, 0.3) is 39.5 Å². The number of fused-ring (bicyclic) bond motifs is 3. The average Bonchev–Trinajstić information content (AvgIpc) is 3.40. The fourth-order valence-electron chi connectivity index (χ4n) is 5.55. The van der Waals surface area contributed by atoms with Crippen molar-refractivity contribution in [3.05, 3.63) is 102 Å². The lowest BCUT2D eigenvalue weighted by Gasteiger charge is -2.42. The van der Waals surface area contributed by atoms with E-state index in [1.165, 1.54) is 0 Å². The van der Waals surface area contributed by atoms with E-state index in [-0.39, 0.29) is 6.61 Å². The van der Waals surface area contributed by atoms with E-state index in [2.05, 4.69) is 33.7 Å². The summed E-state index contributed by atoms with van der Waals surface area (Å²) in [6, 6.07) is 30.3. The van der Waals surface area contributed by atoms with Gasteiger partial charge in [-0.3, -0.25) is 4.57 Å². The molecule has 1 aliphatic carbocycles. The molecular formula is C31H25N5O3. The number of hydrogen-bond donors (Lipinski definition) is 2. The van der Waals surface area contributed by atoms with Gasteiger partial charge in [0.2, 0.25) is 5.88 Å². The zero-order valence-corrected chi connectivity index (χ0v) is 21.0. The smallest absolute Gasteiger partial charge is 0.405 e. The standard InChI is InChI=1S/C31H25N5O3/c37-30(38)33-31(16-7-17-31)23-14-12-21(13-15-23)27-24(20-8-3-1-4-9-20)18-25-29(32-27)39-19-26-34-35-28(36(25)26)22-10-5-2-6-11-22/h1-6,8-15,18,33H,7,16-17,19H2,(H,37,38). The lowest BCUT2D eigenvalue weighted by Crippen LogP contribution is -2.50. The van der Waals surface area contributed by atoms with Crippen molar-refractivity contribution < 1.29 is 14.6 Å². The Labute approximate surface area is 225 Å². The molecule has 2 aliphatic rings. The van der Waals surface area contributed by atoms with Crippen LogP contribution in [0.1, 0.15) is 30.7 Å². The Morgan fingerprint density at radius 1 is 0.872 bits per heavy atom. The van der Waals surface area contributed by atoms with Crippen LogP contribution in [0.4, 0.5) is 4.79 Å². The molecule has 0 atom stereocenters. The summed E-state index contributed by atoms with van der Waals surface area (Å²) in [4.78, 5) is 16.5. The van der Waals surface area contributed by atoms with E-state index in [0.29, 0.717) is 5.88 Å². The number of benzene rings is 3. The Morgan fingerprint density at radius 3 is 2.21 bits per heavy atom. The van der Waals surface area contributed by atoms with Crippen molar-refractivity contribution in [1.29, 1.82) is 0 Å². The molecule has 0 unspecified atom stereocenters. The van der Waals surface area contributed by atoms with Gasteiger partial charge in [0, 0.05) is 16.7 Å². The fourth-order valence-corrected chi connectivity index (χ4v) is 5.55. The van der Waals surface area contributed by atoms with Crippen LogP contribution < -0.4 is 10.1 Å². The zero-order chi connectivity index (χ0) is 26.4. The number of ether oxygens (including phenoxy) is 1. The first-order valence-corrected chi connectivity index (χ1v) is 13.0. The zero-order valence-electron chi connectivity index (χ0n) is 21.0. The summed E-state index contributed by atoms with van der Waals surface area (Å²) in [7, 11) is 0. The molecule has 3 heterocycles. The van der Waals surface area contributed by atoms with Gasteiger partial charge in [-0.25, -0.2) is 9.78 Å². The number of nitrogens with zero attached hydrogens (tertiary/aromatic N) is 4. The van der Waals surface area contributed by atoms with E-state index in [0.717, 1.165) is 70.1 Å². The van der Waals surface area contributed by atoms with Gasteiger partial charge in [-0.2, -0.15) is 0 Å². The summed E-state index contributed by atoms with van der Waals surface area (Å²) >= 11 is 0. The molecule has 0 bridgehead atoms. The minimum Gasteiger partial charge on any atom is -0.468 e. The summed E-state index contributed by atoms with van der Waals surface area (Å²) in [5.74, 6) is 1.97. The maximum atomic E-state index is 11.4. The first-order valence-electron chi connectivity index (χ1n) is 13.0. The molecule has 2 aromatic heterocycles. The molecule has 5 aromatic rings. The molecule has 0 radical (unpaired) electrons. The summed E-state index contributed by atoms with van der Waals surface area (Å²) in [6.07, 6.45) is 1.59. The second kappa shape index (κ2) is 9.09. The van der Waals surface area contributed by atoms with Gasteiger partial charge in [0.25, 0.3) is 0 Å². The molecule has 8 heteroatoms. The van der Waals surface area contributed by atoms with Crippen molar-refractivity contribution in [2.75, 3.05) is 0 Å². The van der Waals surface area contributed by atoms with E-state index in [4.69, 9.17) is 9.72 Å². The highest BCUT2D eigenvalue weighted by Gasteiger charge is 2.40. The van der Waals surface area contributed by atoms with E-state index < -0.39 is 11.6 Å². The molecule has 0 spiro atoms. The molecular weight excluding hydrogens is 490 g/mol. The first-order chi connectivity index (χ1) is 19.1. The SMILES string of the molecule is O=C(O)NC1(c2ccc(-c3nc4c(cc3-c3ccccc3)-n3c(nnc3-c3ccccc3)CO4)cc2)CCC1. The molecule has 1 aliphatic heterocycles. The number of hydrogen-bond acceptors (Lipinski definition) is 5. The van der Waals surface area contributed by atoms with Crippen LogP contribution in [-0.2, 0) is 12.1 Å². The van der Waals surface area contributed by atoms with Crippen LogP contribution in [0, 0.1) is 0 Å². The molecule has 7 rings (SSSR count). The molecule has 192 valence electrons. The van der Waals surface area contributed by atoms with Gasteiger partial charge in [0.1, 0.15) is 5.69 Å². The fraction of sp³-hybridized carbons (Fsp3) is 0.161. The number of rotatable bonds is 5.